The normalized spacial score (nSPS) is 14.8. The van der Waals surface area contributed by atoms with Gasteiger partial charge in [0.05, 0.1) is 4.92 Å². The molecule has 1 saturated carbocycles. The summed E-state index contributed by atoms with van der Waals surface area (Å²) in [4.78, 5) is 36.1. The van der Waals surface area contributed by atoms with Gasteiger partial charge >= 0.3 is 0 Å². The lowest BCUT2D eigenvalue weighted by Gasteiger charge is -2.23. The Labute approximate surface area is 179 Å². The third kappa shape index (κ3) is 5.90. The second-order valence-corrected chi connectivity index (χ2v) is 7.62. The first-order valence-corrected chi connectivity index (χ1v) is 10.1. The van der Waals surface area contributed by atoms with Crippen LogP contribution in [0.5, 0.6) is 0 Å². The quantitative estimate of drug-likeness (QED) is 0.403. The van der Waals surface area contributed by atoms with Crippen LogP contribution < -0.4 is 10.6 Å². The Kier molecular flexibility index (Phi) is 7.19. The van der Waals surface area contributed by atoms with Crippen molar-refractivity contribution >= 4 is 35.2 Å². The van der Waals surface area contributed by atoms with E-state index in [2.05, 4.69) is 10.6 Å². The molecule has 30 heavy (non-hydrogen) atoms. The standard InChI is InChI=1S/C22H22ClN3O4/c23-17-8-5-7-16(14-17)21(27)25-20(22(28)24-18-9-2-1-3-10-18)13-15-6-4-11-19(12-15)26(29)30/h4-8,11-14,18H,1-3,9-10H2,(H,24,28)(H,25,27). The van der Waals surface area contributed by atoms with Crippen LogP contribution in [0.2, 0.25) is 5.02 Å². The van der Waals surface area contributed by atoms with Crippen LogP contribution in [0.3, 0.4) is 0 Å². The molecule has 0 bridgehead atoms. The van der Waals surface area contributed by atoms with Gasteiger partial charge in [0.15, 0.2) is 0 Å². The lowest BCUT2D eigenvalue weighted by molar-refractivity contribution is -0.384. The Hall–Kier alpha value is -3.19. The number of non-ortho nitro benzene ring substituents is 1. The molecule has 0 atom stereocenters. The zero-order valence-corrected chi connectivity index (χ0v) is 17.0. The maximum atomic E-state index is 12.9. The summed E-state index contributed by atoms with van der Waals surface area (Å²) in [6.45, 7) is 0. The molecule has 2 N–H and O–H groups in total. The number of amides is 2. The number of nitro groups is 1. The Morgan fingerprint density at radius 2 is 1.80 bits per heavy atom. The number of nitrogens with one attached hydrogen (secondary N) is 2. The lowest BCUT2D eigenvalue weighted by Crippen LogP contribution is -2.41. The summed E-state index contributed by atoms with van der Waals surface area (Å²) in [6.07, 6.45) is 6.45. The van der Waals surface area contributed by atoms with Crippen LogP contribution in [0.4, 0.5) is 5.69 Å². The van der Waals surface area contributed by atoms with E-state index in [1.54, 1.807) is 24.3 Å². The van der Waals surface area contributed by atoms with Crippen molar-refractivity contribution in [1.82, 2.24) is 10.6 Å². The first-order valence-electron chi connectivity index (χ1n) is 9.76. The van der Waals surface area contributed by atoms with Crippen LogP contribution >= 0.6 is 11.6 Å². The highest BCUT2D eigenvalue weighted by Crippen LogP contribution is 2.19. The molecule has 3 rings (SSSR count). The largest absolute Gasteiger partial charge is 0.348 e. The smallest absolute Gasteiger partial charge is 0.270 e. The average Bonchev–Trinajstić information content (AvgIpc) is 2.74. The van der Waals surface area contributed by atoms with Gasteiger partial charge < -0.3 is 10.6 Å². The summed E-state index contributed by atoms with van der Waals surface area (Å²) in [5.74, 6) is -0.920. The van der Waals surface area contributed by atoms with Crippen molar-refractivity contribution in [2.45, 2.75) is 38.1 Å². The molecule has 0 spiro atoms. The molecule has 0 aromatic heterocycles. The third-order valence-electron chi connectivity index (χ3n) is 4.91. The molecule has 7 nitrogen and oxygen atoms in total. The molecule has 1 aliphatic carbocycles. The minimum Gasteiger partial charge on any atom is -0.348 e. The van der Waals surface area contributed by atoms with Crippen molar-refractivity contribution in [2.75, 3.05) is 0 Å². The Morgan fingerprint density at radius 3 is 2.50 bits per heavy atom. The Bertz CT molecular complexity index is 984. The number of nitrogens with zero attached hydrogens (tertiary/aromatic N) is 1. The molecule has 2 aromatic rings. The molecule has 0 heterocycles. The molecule has 2 amide bonds. The topological polar surface area (TPSA) is 101 Å². The first-order chi connectivity index (χ1) is 14.4. The number of hydrogen-bond donors (Lipinski definition) is 2. The summed E-state index contributed by atoms with van der Waals surface area (Å²) < 4.78 is 0. The van der Waals surface area contributed by atoms with E-state index in [9.17, 15) is 19.7 Å². The van der Waals surface area contributed by atoms with E-state index in [-0.39, 0.29) is 17.4 Å². The molecule has 0 aliphatic heterocycles. The van der Waals surface area contributed by atoms with Gasteiger partial charge in [0.25, 0.3) is 17.5 Å². The average molecular weight is 428 g/mol. The van der Waals surface area contributed by atoms with Crippen LogP contribution in [0.25, 0.3) is 6.08 Å². The van der Waals surface area contributed by atoms with Gasteiger partial charge in [-0.05, 0) is 42.7 Å². The molecular weight excluding hydrogens is 406 g/mol. The van der Waals surface area contributed by atoms with Gasteiger partial charge in [0.1, 0.15) is 5.70 Å². The van der Waals surface area contributed by atoms with Crippen LogP contribution in [-0.2, 0) is 4.79 Å². The monoisotopic (exact) mass is 427 g/mol. The van der Waals surface area contributed by atoms with Crippen molar-refractivity contribution in [3.05, 3.63) is 80.5 Å². The van der Waals surface area contributed by atoms with Gasteiger partial charge in [-0.1, -0.05) is 49.1 Å². The fourth-order valence-electron chi connectivity index (χ4n) is 3.39. The molecule has 0 unspecified atom stereocenters. The zero-order chi connectivity index (χ0) is 21.5. The van der Waals surface area contributed by atoms with Crippen molar-refractivity contribution in [2.24, 2.45) is 0 Å². The van der Waals surface area contributed by atoms with Gasteiger partial charge in [-0.25, -0.2) is 0 Å². The van der Waals surface area contributed by atoms with E-state index in [1.165, 1.54) is 30.3 Å². The SMILES string of the molecule is O=C(NC1CCCCC1)C(=Cc1cccc([N+](=O)[O-])c1)NC(=O)c1cccc(Cl)c1. The van der Waals surface area contributed by atoms with Gasteiger partial charge in [-0.15, -0.1) is 0 Å². The molecule has 8 heteroatoms. The highest BCUT2D eigenvalue weighted by Gasteiger charge is 2.20. The lowest BCUT2D eigenvalue weighted by atomic mass is 9.95. The second-order valence-electron chi connectivity index (χ2n) is 7.18. The number of carbonyl (C=O) groups excluding carboxylic acids is 2. The predicted octanol–water partition coefficient (Wildman–Crippen LogP) is 4.47. The molecule has 2 aromatic carbocycles. The van der Waals surface area contributed by atoms with Crippen molar-refractivity contribution < 1.29 is 14.5 Å². The highest BCUT2D eigenvalue weighted by molar-refractivity contribution is 6.31. The fourth-order valence-corrected chi connectivity index (χ4v) is 3.58. The van der Waals surface area contributed by atoms with E-state index < -0.39 is 16.7 Å². The van der Waals surface area contributed by atoms with Crippen molar-refractivity contribution in [3.8, 4) is 0 Å². The van der Waals surface area contributed by atoms with Crippen LogP contribution in [-0.4, -0.2) is 22.8 Å². The maximum Gasteiger partial charge on any atom is 0.270 e. The van der Waals surface area contributed by atoms with Gasteiger partial charge in [0, 0.05) is 28.8 Å². The highest BCUT2D eigenvalue weighted by atomic mass is 35.5. The van der Waals surface area contributed by atoms with E-state index >= 15 is 0 Å². The summed E-state index contributed by atoms with van der Waals surface area (Å²) in [7, 11) is 0. The molecule has 0 saturated heterocycles. The van der Waals surface area contributed by atoms with E-state index in [0.717, 1.165) is 32.1 Å². The molecule has 1 aliphatic rings. The minimum atomic E-state index is -0.510. The number of benzene rings is 2. The predicted molar refractivity (Wildman–Crippen MR) is 115 cm³/mol. The summed E-state index contributed by atoms with van der Waals surface area (Å²) >= 11 is 5.96. The van der Waals surface area contributed by atoms with Crippen molar-refractivity contribution in [1.29, 1.82) is 0 Å². The summed E-state index contributed by atoms with van der Waals surface area (Å²) in [5, 5.41) is 17.0. The molecular formula is C22H22ClN3O4. The number of nitro benzene ring substituents is 1. The van der Waals surface area contributed by atoms with Crippen molar-refractivity contribution in [3.63, 3.8) is 0 Å². The molecule has 0 radical (unpaired) electrons. The number of rotatable bonds is 6. The van der Waals surface area contributed by atoms with Gasteiger partial charge in [-0.3, -0.25) is 19.7 Å². The van der Waals surface area contributed by atoms with Crippen LogP contribution in [0.1, 0.15) is 48.0 Å². The van der Waals surface area contributed by atoms with Gasteiger partial charge in [-0.2, -0.15) is 0 Å². The van der Waals surface area contributed by atoms with Crippen LogP contribution in [0.15, 0.2) is 54.2 Å². The summed E-state index contributed by atoms with van der Waals surface area (Å²) in [6, 6.07) is 12.3. The zero-order valence-electron chi connectivity index (χ0n) is 16.3. The molecule has 156 valence electrons. The van der Waals surface area contributed by atoms with E-state index in [1.807, 2.05) is 0 Å². The number of halogens is 1. The Balaban J connectivity index is 1.87. The Morgan fingerprint density at radius 1 is 1.07 bits per heavy atom. The van der Waals surface area contributed by atoms with E-state index in [0.29, 0.717) is 16.1 Å². The number of carbonyl (C=O) groups is 2. The van der Waals surface area contributed by atoms with Gasteiger partial charge in [0.2, 0.25) is 0 Å². The molecule has 1 fully saturated rings. The van der Waals surface area contributed by atoms with E-state index in [4.69, 9.17) is 11.6 Å². The summed E-state index contributed by atoms with van der Waals surface area (Å²) in [5.41, 5.74) is 0.658. The first kappa shape index (κ1) is 21.5. The maximum absolute atomic E-state index is 12.9. The fraction of sp³-hybridized carbons (Fsp3) is 0.273. The minimum absolute atomic E-state index is 0.0195. The third-order valence-corrected chi connectivity index (χ3v) is 5.15. The van der Waals surface area contributed by atoms with Crippen LogP contribution in [0, 0.1) is 10.1 Å². The second kappa shape index (κ2) is 10.0. The number of hydrogen-bond acceptors (Lipinski definition) is 4.